The van der Waals surface area contributed by atoms with Gasteiger partial charge in [-0.3, -0.25) is 23.4 Å². The van der Waals surface area contributed by atoms with Crippen molar-refractivity contribution in [2.45, 2.75) is 315 Å². The van der Waals surface area contributed by atoms with Gasteiger partial charge in [-0.25, -0.2) is 4.57 Å². The second-order valence-electron chi connectivity index (χ2n) is 21.6. The summed E-state index contributed by atoms with van der Waals surface area (Å²) in [6.45, 7) is 4.54. The van der Waals surface area contributed by atoms with Crippen molar-refractivity contribution in [3.63, 3.8) is 0 Å². The maximum Gasteiger partial charge on any atom is 0.472 e. The first-order chi connectivity index (χ1) is 38.2. The van der Waals surface area contributed by atoms with Crippen molar-refractivity contribution in [2.24, 2.45) is 0 Å². The molecule has 0 rings (SSSR count). The SMILES string of the molecule is CC/C=C\C/C=C\C/C=C\C/C=C\CCCCCCC(=O)OC(COC(=O)CCCCCCCCCCCCCCCCCCCCC)COP(=O)(O)OCC(CO)OC(=O)CCCCCCC/C=C\CCCCCCCC. The summed E-state index contributed by atoms with van der Waals surface area (Å²) in [6, 6.07) is 0. The van der Waals surface area contributed by atoms with Crippen molar-refractivity contribution in [3.05, 3.63) is 60.8 Å². The highest BCUT2D eigenvalue weighted by atomic mass is 31.2. The summed E-state index contributed by atoms with van der Waals surface area (Å²) in [5, 5.41) is 9.84. The number of hydrogen-bond donors (Lipinski definition) is 2. The van der Waals surface area contributed by atoms with Gasteiger partial charge < -0.3 is 24.2 Å². The molecule has 0 radical (unpaired) electrons. The van der Waals surface area contributed by atoms with E-state index in [9.17, 15) is 28.9 Å². The van der Waals surface area contributed by atoms with Gasteiger partial charge in [0.1, 0.15) is 12.7 Å². The van der Waals surface area contributed by atoms with Gasteiger partial charge in [0.05, 0.1) is 19.8 Å². The molecule has 0 aliphatic heterocycles. The van der Waals surface area contributed by atoms with Crippen LogP contribution in [0, 0.1) is 0 Å². The minimum absolute atomic E-state index is 0.140. The van der Waals surface area contributed by atoms with Crippen molar-refractivity contribution >= 4 is 25.7 Å². The Morgan fingerprint density at radius 1 is 0.372 bits per heavy atom. The van der Waals surface area contributed by atoms with E-state index >= 15 is 0 Å². The molecule has 0 fully saturated rings. The molecule has 0 amide bonds. The van der Waals surface area contributed by atoms with Crippen molar-refractivity contribution in [1.82, 2.24) is 0 Å². The maximum absolute atomic E-state index is 12.9. The first kappa shape index (κ1) is 75.2. The third-order valence-electron chi connectivity index (χ3n) is 13.9. The van der Waals surface area contributed by atoms with Crippen LogP contribution in [0.4, 0.5) is 0 Å². The highest BCUT2D eigenvalue weighted by Gasteiger charge is 2.28. The second-order valence-corrected chi connectivity index (χ2v) is 23.0. The van der Waals surface area contributed by atoms with E-state index in [4.69, 9.17) is 23.3 Å². The van der Waals surface area contributed by atoms with Gasteiger partial charge in [-0.1, -0.05) is 261 Å². The Kier molecular flexibility index (Phi) is 58.1. The fourth-order valence-corrected chi connectivity index (χ4v) is 9.83. The number of allylic oxidation sites excluding steroid dienone is 10. The molecule has 3 unspecified atom stereocenters. The zero-order chi connectivity index (χ0) is 56.9. The van der Waals surface area contributed by atoms with E-state index in [2.05, 4.69) is 81.5 Å². The van der Waals surface area contributed by atoms with Crippen LogP contribution in [-0.4, -0.2) is 66.5 Å². The minimum atomic E-state index is -4.76. The summed E-state index contributed by atoms with van der Waals surface area (Å²) >= 11 is 0. The van der Waals surface area contributed by atoms with Crippen molar-refractivity contribution in [2.75, 3.05) is 26.4 Å². The molecule has 0 heterocycles. The standard InChI is InChI=1S/C66H119O11P/c1-4-7-10-13-16-19-22-25-28-30-31-33-35-37-40-43-46-49-52-55-64(68)73-59-63(77-66(70)57-54-51-48-45-42-39-36-32-29-26-23-20-17-14-11-8-5-2)61-75-78(71,72)74-60-62(58-67)76-65(69)56-53-50-47-44-41-38-34-27-24-21-18-15-12-9-6-3/h8,11,17,20,26-27,29,34,36,39,62-63,67H,4-7,9-10,12-16,18-19,21-25,28,30-33,35,37-38,40-61H2,1-3H3,(H,71,72)/b11-8-,20-17-,29-26-,34-27-,39-36-. The summed E-state index contributed by atoms with van der Waals surface area (Å²) in [4.78, 5) is 48.7. The average molecular weight is 1120 g/mol. The Morgan fingerprint density at radius 3 is 1.04 bits per heavy atom. The first-order valence-corrected chi connectivity index (χ1v) is 33.7. The molecule has 0 aromatic carbocycles. The lowest BCUT2D eigenvalue weighted by Gasteiger charge is -2.21. The number of rotatable bonds is 60. The predicted molar refractivity (Wildman–Crippen MR) is 325 cm³/mol. The first-order valence-electron chi connectivity index (χ1n) is 32.2. The summed E-state index contributed by atoms with van der Waals surface area (Å²) in [5.41, 5.74) is 0. The van der Waals surface area contributed by atoms with Crippen LogP contribution in [0.5, 0.6) is 0 Å². The highest BCUT2D eigenvalue weighted by Crippen LogP contribution is 2.43. The van der Waals surface area contributed by atoms with E-state index < -0.39 is 57.8 Å². The van der Waals surface area contributed by atoms with E-state index in [1.807, 2.05) is 0 Å². The number of aliphatic hydroxyl groups is 1. The van der Waals surface area contributed by atoms with Crippen LogP contribution in [0.15, 0.2) is 60.8 Å². The summed E-state index contributed by atoms with van der Waals surface area (Å²) in [5.74, 6) is -1.48. The average Bonchev–Trinajstić information content (AvgIpc) is 3.43. The Bertz CT molecular complexity index is 1540. The Hall–Kier alpha value is -2.82. The van der Waals surface area contributed by atoms with Gasteiger partial charge in [-0.2, -0.15) is 0 Å². The van der Waals surface area contributed by atoms with Crippen LogP contribution < -0.4 is 0 Å². The number of phosphoric ester groups is 1. The molecule has 78 heavy (non-hydrogen) atoms. The summed E-state index contributed by atoms with van der Waals surface area (Å²) in [7, 11) is -4.76. The van der Waals surface area contributed by atoms with Crippen molar-refractivity contribution in [3.8, 4) is 0 Å². The van der Waals surface area contributed by atoms with E-state index in [1.54, 1.807) is 0 Å². The van der Waals surface area contributed by atoms with E-state index in [-0.39, 0.29) is 25.9 Å². The quantitative estimate of drug-likeness (QED) is 0.0197. The van der Waals surface area contributed by atoms with Gasteiger partial charge >= 0.3 is 25.7 Å². The lowest BCUT2D eigenvalue weighted by Crippen LogP contribution is -2.30. The Labute approximate surface area is 478 Å². The van der Waals surface area contributed by atoms with Crippen molar-refractivity contribution in [1.29, 1.82) is 0 Å². The lowest BCUT2D eigenvalue weighted by molar-refractivity contribution is -0.161. The molecule has 0 aromatic heterocycles. The number of ether oxygens (including phenoxy) is 3. The monoisotopic (exact) mass is 1120 g/mol. The predicted octanol–water partition coefficient (Wildman–Crippen LogP) is 19.5. The third-order valence-corrected chi connectivity index (χ3v) is 14.9. The van der Waals surface area contributed by atoms with Crippen LogP contribution in [0.1, 0.15) is 303 Å². The van der Waals surface area contributed by atoms with Gasteiger partial charge in [0.2, 0.25) is 0 Å². The molecule has 0 aromatic rings. The van der Waals surface area contributed by atoms with Crippen LogP contribution in [0.3, 0.4) is 0 Å². The Balaban J connectivity index is 4.71. The molecule has 0 bridgehead atoms. The van der Waals surface area contributed by atoms with Gasteiger partial charge in [0, 0.05) is 19.3 Å². The molecule has 3 atom stereocenters. The van der Waals surface area contributed by atoms with Crippen LogP contribution in [0.2, 0.25) is 0 Å². The smallest absolute Gasteiger partial charge is 0.462 e. The summed E-state index contributed by atoms with van der Waals surface area (Å²) in [6.07, 6.45) is 67.4. The molecular formula is C66H119O11P. The minimum Gasteiger partial charge on any atom is -0.462 e. The number of esters is 3. The van der Waals surface area contributed by atoms with Crippen LogP contribution in [0.25, 0.3) is 0 Å². The second kappa shape index (κ2) is 60.3. The highest BCUT2D eigenvalue weighted by molar-refractivity contribution is 7.47. The molecule has 0 aliphatic carbocycles. The molecule has 11 nitrogen and oxygen atoms in total. The number of unbranched alkanes of at least 4 members (excludes halogenated alkanes) is 33. The van der Waals surface area contributed by atoms with Gasteiger partial charge in [0.15, 0.2) is 6.10 Å². The van der Waals surface area contributed by atoms with Crippen molar-refractivity contribution < 1.29 is 52.2 Å². The molecule has 12 heteroatoms. The van der Waals surface area contributed by atoms with E-state index in [0.29, 0.717) is 19.3 Å². The topological polar surface area (TPSA) is 155 Å². The number of carbonyl (C=O) groups is 3. The lowest BCUT2D eigenvalue weighted by atomic mass is 10.0. The molecule has 0 saturated heterocycles. The molecule has 0 saturated carbocycles. The van der Waals surface area contributed by atoms with Gasteiger partial charge in [-0.05, 0) is 83.5 Å². The fraction of sp³-hybridized carbons (Fsp3) is 0.803. The van der Waals surface area contributed by atoms with Crippen LogP contribution >= 0.6 is 7.82 Å². The normalized spacial score (nSPS) is 13.7. The van der Waals surface area contributed by atoms with Gasteiger partial charge in [0.25, 0.3) is 0 Å². The Morgan fingerprint density at radius 2 is 0.667 bits per heavy atom. The molecule has 2 N–H and O–H groups in total. The largest absolute Gasteiger partial charge is 0.472 e. The maximum atomic E-state index is 12.9. The number of hydrogen-bond acceptors (Lipinski definition) is 10. The van der Waals surface area contributed by atoms with Crippen LogP contribution in [-0.2, 0) is 42.2 Å². The van der Waals surface area contributed by atoms with E-state index in [0.717, 1.165) is 109 Å². The molecule has 454 valence electrons. The molecule has 0 spiro atoms. The number of carbonyl (C=O) groups excluding carboxylic acids is 3. The number of phosphoric acid groups is 1. The molecule has 0 aliphatic rings. The van der Waals surface area contributed by atoms with E-state index in [1.165, 1.54) is 135 Å². The third kappa shape index (κ3) is 57.9. The number of aliphatic hydroxyl groups excluding tert-OH is 1. The van der Waals surface area contributed by atoms with Gasteiger partial charge in [-0.15, -0.1) is 0 Å². The summed E-state index contributed by atoms with van der Waals surface area (Å²) < 4.78 is 39.7. The fourth-order valence-electron chi connectivity index (χ4n) is 9.05. The molecular weight excluding hydrogens is 1000 g/mol. The zero-order valence-corrected chi connectivity index (χ0v) is 51.3. The zero-order valence-electron chi connectivity index (χ0n) is 50.4.